The molecule has 0 aromatic heterocycles. The van der Waals surface area contributed by atoms with Crippen molar-refractivity contribution >= 4 is 5.97 Å². The Morgan fingerprint density at radius 1 is 1.17 bits per heavy atom. The lowest BCUT2D eigenvalue weighted by molar-refractivity contribution is -0.302. The highest BCUT2D eigenvalue weighted by atomic mass is 16.7. The van der Waals surface area contributed by atoms with Gasteiger partial charge in [0.05, 0.1) is 18.8 Å². The Morgan fingerprint density at radius 3 is 2.57 bits per heavy atom. The largest absolute Gasteiger partial charge is 0.454 e. The lowest BCUT2D eigenvalue weighted by atomic mass is 9.99. The monoisotopic (exact) mass is 493 g/mol. The summed E-state index contributed by atoms with van der Waals surface area (Å²) in [6.45, 7) is 1.18. The van der Waals surface area contributed by atoms with Crippen LogP contribution in [-0.4, -0.2) is 82.5 Å². The molecule has 11 heteroatoms. The molecule has 1 heterocycles. The van der Waals surface area contributed by atoms with Gasteiger partial charge in [0.2, 0.25) is 0 Å². The van der Waals surface area contributed by atoms with E-state index in [-0.39, 0.29) is 6.61 Å². The smallest absolute Gasteiger partial charge is 0.338 e. The van der Waals surface area contributed by atoms with Crippen molar-refractivity contribution in [3.05, 3.63) is 58.5 Å². The molecule has 1 fully saturated rings. The fourth-order valence-electron chi connectivity index (χ4n) is 3.59. The van der Waals surface area contributed by atoms with E-state index in [9.17, 15) is 25.2 Å². The minimum Gasteiger partial charge on any atom is -0.454 e. The number of aliphatic hydroxyl groups excluding tert-OH is 4. The van der Waals surface area contributed by atoms with Gasteiger partial charge in [-0.25, -0.2) is 4.79 Å². The highest BCUT2D eigenvalue weighted by molar-refractivity contribution is 5.89. The number of benzene rings is 1. The third-order valence-corrected chi connectivity index (χ3v) is 5.66. The number of ether oxygens (including phenoxy) is 3. The van der Waals surface area contributed by atoms with Gasteiger partial charge in [0.25, 0.3) is 0 Å². The maximum Gasteiger partial charge on any atom is 0.338 e. The van der Waals surface area contributed by atoms with Crippen LogP contribution >= 0.6 is 0 Å². The van der Waals surface area contributed by atoms with Crippen LogP contribution in [0.2, 0.25) is 0 Å². The van der Waals surface area contributed by atoms with Gasteiger partial charge in [-0.2, -0.15) is 0 Å². The van der Waals surface area contributed by atoms with Gasteiger partial charge in [-0.05, 0) is 36.6 Å². The first-order chi connectivity index (χ1) is 16.9. The summed E-state index contributed by atoms with van der Waals surface area (Å²) in [6.07, 6.45) is 0.197. The molecule has 35 heavy (non-hydrogen) atoms. The topological polar surface area (TPSA) is 174 Å². The van der Waals surface area contributed by atoms with E-state index in [0.717, 1.165) is 32.1 Å². The standard InChI is InChI=1S/C24H35N3O8/c1-2-3-4-5-6-10-13-18(34-23(32)16-11-8-7-9-12-16)17(26-27-25)15-33-24-22(31)21(30)20(29)19(14-28)35-24/h7-13,17-22,24,28-31H,2-6,14-15H2,1H3/t17-,18+,19+,20-,21-,22+,24-/m0/s1. The van der Waals surface area contributed by atoms with Crippen molar-refractivity contribution < 1.29 is 39.4 Å². The number of hydrogen-bond donors (Lipinski definition) is 4. The molecule has 1 saturated heterocycles. The molecular formula is C24H35N3O8. The Bertz CT molecular complexity index is 831. The van der Waals surface area contributed by atoms with E-state index in [2.05, 4.69) is 16.9 Å². The average Bonchev–Trinajstić information content (AvgIpc) is 2.88. The third kappa shape index (κ3) is 8.90. The Hall–Kier alpha value is -2.50. The first kappa shape index (κ1) is 28.7. The summed E-state index contributed by atoms with van der Waals surface area (Å²) in [5.41, 5.74) is 9.43. The van der Waals surface area contributed by atoms with E-state index in [1.165, 1.54) is 0 Å². The molecule has 11 nitrogen and oxygen atoms in total. The van der Waals surface area contributed by atoms with Crippen LogP contribution in [-0.2, 0) is 14.2 Å². The number of aliphatic hydroxyl groups is 4. The maximum absolute atomic E-state index is 12.7. The third-order valence-electron chi connectivity index (χ3n) is 5.66. The number of hydrogen-bond acceptors (Lipinski definition) is 9. The van der Waals surface area contributed by atoms with E-state index in [1.807, 2.05) is 6.08 Å². The van der Waals surface area contributed by atoms with Crippen LogP contribution in [0.15, 0.2) is 47.6 Å². The van der Waals surface area contributed by atoms with Gasteiger partial charge in [0, 0.05) is 4.91 Å². The van der Waals surface area contributed by atoms with Gasteiger partial charge >= 0.3 is 5.97 Å². The molecule has 7 atom stereocenters. The van der Waals surface area contributed by atoms with Gasteiger partial charge in [-0.3, -0.25) is 0 Å². The summed E-state index contributed by atoms with van der Waals surface area (Å²) < 4.78 is 16.5. The van der Waals surface area contributed by atoms with Crippen molar-refractivity contribution in [3.63, 3.8) is 0 Å². The number of unbranched alkanes of at least 4 members (excludes halogenated alkanes) is 4. The first-order valence-corrected chi connectivity index (χ1v) is 11.8. The molecule has 4 N–H and O–H groups in total. The molecule has 0 radical (unpaired) electrons. The number of nitrogens with zero attached hydrogens (tertiary/aromatic N) is 3. The average molecular weight is 494 g/mol. The van der Waals surface area contributed by atoms with Crippen molar-refractivity contribution in [3.8, 4) is 0 Å². The first-order valence-electron chi connectivity index (χ1n) is 11.8. The number of allylic oxidation sites excluding steroid dienone is 1. The highest BCUT2D eigenvalue weighted by Gasteiger charge is 2.44. The summed E-state index contributed by atoms with van der Waals surface area (Å²) >= 11 is 0. The van der Waals surface area contributed by atoms with Gasteiger partial charge in [-0.1, -0.05) is 55.6 Å². The van der Waals surface area contributed by atoms with Gasteiger partial charge < -0.3 is 34.6 Å². The van der Waals surface area contributed by atoms with Gasteiger partial charge in [0.1, 0.15) is 36.6 Å². The van der Waals surface area contributed by atoms with Crippen molar-refractivity contribution in [1.82, 2.24) is 0 Å². The highest BCUT2D eigenvalue weighted by Crippen LogP contribution is 2.23. The van der Waals surface area contributed by atoms with Crippen LogP contribution < -0.4 is 0 Å². The van der Waals surface area contributed by atoms with E-state index < -0.39 is 55.4 Å². The second-order valence-electron chi connectivity index (χ2n) is 8.32. The van der Waals surface area contributed by atoms with Crippen LogP contribution in [0.1, 0.15) is 49.4 Å². The summed E-state index contributed by atoms with van der Waals surface area (Å²) in [7, 11) is 0. The number of rotatable bonds is 14. The Labute approximate surface area is 204 Å². The van der Waals surface area contributed by atoms with Gasteiger partial charge in [0.15, 0.2) is 6.29 Å². The zero-order valence-electron chi connectivity index (χ0n) is 19.8. The Balaban J connectivity index is 2.13. The molecule has 1 aliphatic heterocycles. The molecule has 1 aromatic rings. The summed E-state index contributed by atoms with van der Waals surface area (Å²) in [6, 6.07) is 7.33. The summed E-state index contributed by atoms with van der Waals surface area (Å²) in [4.78, 5) is 15.5. The summed E-state index contributed by atoms with van der Waals surface area (Å²) in [5.74, 6) is -0.614. The molecule has 0 spiro atoms. The van der Waals surface area contributed by atoms with Crippen molar-refractivity contribution in [2.24, 2.45) is 5.11 Å². The second kappa shape index (κ2) is 15.5. The zero-order chi connectivity index (χ0) is 25.6. The van der Waals surface area contributed by atoms with Crippen molar-refractivity contribution in [2.45, 2.75) is 81.9 Å². The molecule has 1 aliphatic rings. The van der Waals surface area contributed by atoms with E-state index >= 15 is 0 Å². The van der Waals surface area contributed by atoms with Crippen molar-refractivity contribution in [1.29, 1.82) is 0 Å². The molecule has 1 aromatic carbocycles. The minimum atomic E-state index is -1.61. The van der Waals surface area contributed by atoms with E-state index in [4.69, 9.17) is 19.7 Å². The molecule has 2 rings (SSSR count). The lowest BCUT2D eigenvalue weighted by Crippen LogP contribution is -2.59. The number of azide groups is 1. The van der Waals surface area contributed by atoms with E-state index in [0.29, 0.717) is 5.56 Å². The minimum absolute atomic E-state index is 0.323. The normalized spacial score (nSPS) is 26.1. The van der Waals surface area contributed by atoms with Crippen LogP contribution in [0.3, 0.4) is 0 Å². The predicted molar refractivity (Wildman–Crippen MR) is 126 cm³/mol. The zero-order valence-corrected chi connectivity index (χ0v) is 19.8. The van der Waals surface area contributed by atoms with Gasteiger partial charge in [-0.15, -0.1) is 0 Å². The van der Waals surface area contributed by atoms with E-state index in [1.54, 1.807) is 36.4 Å². The second-order valence-corrected chi connectivity index (χ2v) is 8.32. The SMILES string of the molecule is CCCCCCC=C[C@@H](OC(=O)c1ccccc1)[C@H](CO[C@H]1O[C@H](CO)[C@H](O)[C@H](O)[C@H]1O)N=[N+]=[N-]. The van der Waals surface area contributed by atoms with Crippen LogP contribution in [0.5, 0.6) is 0 Å². The molecule has 0 saturated carbocycles. The number of carbonyl (C=O) groups is 1. The molecule has 194 valence electrons. The molecular weight excluding hydrogens is 458 g/mol. The lowest BCUT2D eigenvalue weighted by Gasteiger charge is -2.40. The van der Waals surface area contributed by atoms with Crippen LogP contribution in [0.4, 0.5) is 0 Å². The fraction of sp³-hybridized carbons (Fsp3) is 0.625. The fourth-order valence-corrected chi connectivity index (χ4v) is 3.59. The molecule has 0 unspecified atom stereocenters. The molecule has 0 amide bonds. The quantitative estimate of drug-likeness (QED) is 0.0762. The summed E-state index contributed by atoms with van der Waals surface area (Å²) in [5, 5.41) is 43.1. The van der Waals surface area contributed by atoms with Crippen LogP contribution in [0.25, 0.3) is 10.4 Å². The van der Waals surface area contributed by atoms with Crippen molar-refractivity contribution in [2.75, 3.05) is 13.2 Å². The Morgan fingerprint density at radius 2 is 1.91 bits per heavy atom. The molecule has 0 aliphatic carbocycles. The molecule has 0 bridgehead atoms. The number of esters is 1. The maximum atomic E-state index is 12.7. The predicted octanol–water partition coefficient (Wildman–Crippen LogP) is 2.23. The number of carbonyl (C=O) groups excluding carboxylic acids is 1. The Kier molecular flexibility index (Phi) is 12.7. The van der Waals surface area contributed by atoms with Crippen LogP contribution in [0, 0.1) is 0 Å².